The molecular formula is C12H12BrF2N3. The predicted octanol–water partition coefficient (Wildman–Crippen LogP) is 3.38. The monoisotopic (exact) mass is 315 g/mol. The Bertz CT molecular complexity index is 558. The summed E-state index contributed by atoms with van der Waals surface area (Å²) in [4.78, 5) is 0. The van der Waals surface area contributed by atoms with E-state index in [2.05, 4.69) is 26.3 Å². The van der Waals surface area contributed by atoms with E-state index in [4.69, 9.17) is 0 Å². The quantitative estimate of drug-likeness (QED) is 0.941. The highest BCUT2D eigenvalue weighted by Crippen LogP contribution is 2.27. The topological polar surface area (TPSA) is 29.9 Å². The number of nitrogens with zero attached hydrogens (tertiary/aromatic N) is 2. The first-order valence-corrected chi connectivity index (χ1v) is 6.14. The van der Waals surface area contributed by atoms with Crippen molar-refractivity contribution in [3.8, 4) is 0 Å². The van der Waals surface area contributed by atoms with Crippen molar-refractivity contribution in [2.24, 2.45) is 7.05 Å². The van der Waals surface area contributed by atoms with Gasteiger partial charge in [-0.3, -0.25) is 4.68 Å². The van der Waals surface area contributed by atoms with Gasteiger partial charge in [0.15, 0.2) is 0 Å². The van der Waals surface area contributed by atoms with Crippen LogP contribution >= 0.6 is 15.9 Å². The van der Waals surface area contributed by atoms with Crippen LogP contribution in [0.4, 0.5) is 14.5 Å². The van der Waals surface area contributed by atoms with Crippen LogP contribution < -0.4 is 5.32 Å². The van der Waals surface area contributed by atoms with E-state index >= 15 is 0 Å². The van der Waals surface area contributed by atoms with Crippen molar-refractivity contribution in [2.75, 3.05) is 5.32 Å². The lowest BCUT2D eigenvalue weighted by Crippen LogP contribution is -2.03. The molecule has 0 amide bonds. The fraction of sp³-hybridized carbons (Fsp3) is 0.250. The van der Waals surface area contributed by atoms with Crippen molar-refractivity contribution in [2.45, 2.75) is 13.5 Å². The summed E-state index contributed by atoms with van der Waals surface area (Å²) in [5.74, 6) is -1.23. The van der Waals surface area contributed by atoms with Crippen LogP contribution in [0.25, 0.3) is 0 Å². The summed E-state index contributed by atoms with van der Waals surface area (Å²) in [7, 11) is 1.82. The zero-order valence-corrected chi connectivity index (χ0v) is 11.6. The van der Waals surface area contributed by atoms with Gasteiger partial charge in [0.2, 0.25) is 0 Å². The van der Waals surface area contributed by atoms with Crippen LogP contribution in [0.2, 0.25) is 0 Å². The van der Waals surface area contributed by atoms with Crippen molar-refractivity contribution < 1.29 is 8.78 Å². The molecule has 2 rings (SSSR count). The molecule has 1 aromatic carbocycles. The first-order chi connectivity index (χ1) is 8.47. The van der Waals surface area contributed by atoms with E-state index in [1.807, 2.05) is 20.2 Å². The zero-order valence-electron chi connectivity index (χ0n) is 9.97. The van der Waals surface area contributed by atoms with E-state index in [-0.39, 0.29) is 5.69 Å². The fourth-order valence-corrected chi connectivity index (χ4v) is 2.27. The Balaban J connectivity index is 2.18. The molecule has 0 unspecified atom stereocenters. The molecule has 96 valence electrons. The fourth-order valence-electron chi connectivity index (χ4n) is 1.72. The molecule has 0 aliphatic carbocycles. The van der Waals surface area contributed by atoms with E-state index < -0.39 is 11.6 Å². The summed E-state index contributed by atoms with van der Waals surface area (Å²) >= 11 is 3.13. The molecule has 0 spiro atoms. The highest BCUT2D eigenvalue weighted by atomic mass is 79.9. The number of benzene rings is 1. The first kappa shape index (κ1) is 13.0. The maximum absolute atomic E-state index is 13.6. The third-order valence-corrected chi connectivity index (χ3v) is 3.20. The van der Waals surface area contributed by atoms with Crippen LogP contribution in [-0.2, 0) is 13.6 Å². The Kier molecular flexibility index (Phi) is 3.65. The Morgan fingerprint density at radius 3 is 2.67 bits per heavy atom. The Hall–Kier alpha value is -1.43. The maximum atomic E-state index is 13.6. The molecule has 0 saturated carbocycles. The van der Waals surface area contributed by atoms with Crippen LogP contribution in [0.5, 0.6) is 0 Å². The molecule has 6 heteroatoms. The van der Waals surface area contributed by atoms with E-state index in [0.29, 0.717) is 11.0 Å². The van der Waals surface area contributed by atoms with Gasteiger partial charge in [-0.1, -0.05) is 0 Å². The second-order valence-corrected chi connectivity index (χ2v) is 4.87. The molecule has 1 heterocycles. The van der Waals surface area contributed by atoms with Crippen LogP contribution in [0.3, 0.4) is 0 Å². The minimum Gasteiger partial charge on any atom is -0.378 e. The lowest BCUT2D eigenvalue weighted by molar-refractivity contribution is 0.583. The molecule has 0 atom stereocenters. The average molecular weight is 316 g/mol. The number of anilines is 1. The number of hydrogen-bond donors (Lipinski definition) is 1. The standard InChI is InChI=1S/C12H12BrF2N3/c1-7-8(6-18(2)17-7)5-16-12-10(13)3-9(14)4-11(12)15/h3-4,6,16H,5H2,1-2H3. The third kappa shape index (κ3) is 2.69. The van der Waals surface area contributed by atoms with Crippen LogP contribution in [0.1, 0.15) is 11.3 Å². The summed E-state index contributed by atoms with van der Waals surface area (Å²) < 4.78 is 28.6. The number of nitrogens with one attached hydrogen (secondary N) is 1. The molecule has 2 aromatic rings. The predicted molar refractivity (Wildman–Crippen MR) is 69.3 cm³/mol. The van der Waals surface area contributed by atoms with E-state index in [0.717, 1.165) is 17.3 Å². The number of halogens is 3. The number of aromatic nitrogens is 2. The van der Waals surface area contributed by atoms with Gasteiger partial charge in [0.25, 0.3) is 0 Å². The molecule has 1 N–H and O–H groups in total. The Morgan fingerprint density at radius 1 is 1.39 bits per heavy atom. The van der Waals surface area contributed by atoms with Gasteiger partial charge in [-0.05, 0) is 28.9 Å². The van der Waals surface area contributed by atoms with Gasteiger partial charge in [-0.2, -0.15) is 5.10 Å². The summed E-state index contributed by atoms with van der Waals surface area (Å²) in [6, 6.07) is 2.07. The molecule has 3 nitrogen and oxygen atoms in total. The van der Waals surface area contributed by atoms with Gasteiger partial charge < -0.3 is 5.32 Å². The summed E-state index contributed by atoms with van der Waals surface area (Å²) in [5.41, 5.74) is 2.09. The van der Waals surface area contributed by atoms with Crippen LogP contribution in [0.15, 0.2) is 22.8 Å². The number of rotatable bonds is 3. The molecule has 18 heavy (non-hydrogen) atoms. The highest BCUT2D eigenvalue weighted by molar-refractivity contribution is 9.10. The van der Waals surface area contributed by atoms with E-state index in [9.17, 15) is 8.78 Å². The van der Waals surface area contributed by atoms with Crippen molar-refractivity contribution in [1.82, 2.24) is 9.78 Å². The normalized spacial score (nSPS) is 10.7. The van der Waals surface area contributed by atoms with Gasteiger partial charge in [-0.15, -0.1) is 0 Å². The Labute approximate surface area is 112 Å². The van der Waals surface area contributed by atoms with Gasteiger partial charge in [-0.25, -0.2) is 8.78 Å². The van der Waals surface area contributed by atoms with Crippen molar-refractivity contribution in [3.05, 3.63) is 45.7 Å². The second-order valence-electron chi connectivity index (χ2n) is 4.01. The SMILES string of the molecule is Cc1nn(C)cc1CNc1c(F)cc(F)cc1Br. The first-order valence-electron chi connectivity index (χ1n) is 5.35. The minimum atomic E-state index is -0.622. The summed E-state index contributed by atoms with van der Waals surface area (Å²) in [5, 5.41) is 7.13. The molecular weight excluding hydrogens is 304 g/mol. The Morgan fingerprint density at radius 2 is 2.11 bits per heavy atom. The van der Waals surface area contributed by atoms with Gasteiger partial charge >= 0.3 is 0 Å². The van der Waals surface area contributed by atoms with Crippen molar-refractivity contribution in [3.63, 3.8) is 0 Å². The molecule has 0 aliphatic rings. The lowest BCUT2D eigenvalue weighted by Gasteiger charge is -2.09. The highest BCUT2D eigenvalue weighted by Gasteiger charge is 2.10. The van der Waals surface area contributed by atoms with Gasteiger partial charge in [0, 0.05) is 35.9 Å². The average Bonchev–Trinajstić information content (AvgIpc) is 2.55. The lowest BCUT2D eigenvalue weighted by atomic mass is 10.2. The van der Waals surface area contributed by atoms with Gasteiger partial charge in [0.05, 0.1) is 11.4 Å². The third-order valence-electron chi connectivity index (χ3n) is 2.58. The van der Waals surface area contributed by atoms with E-state index in [1.165, 1.54) is 6.07 Å². The summed E-state index contributed by atoms with van der Waals surface area (Å²) in [6.45, 7) is 2.31. The number of hydrogen-bond acceptors (Lipinski definition) is 2. The zero-order chi connectivity index (χ0) is 13.3. The minimum absolute atomic E-state index is 0.250. The van der Waals surface area contributed by atoms with Crippen LogP contribution in [0, 0.1) is 18.6 Å². The number of aryl methyl sites for hydroxylation is 2. The van der Waals surface area contributed by atoms with Crippen molar-refractivity contribution in [1.29, 1.82) is 0 Å². The van der Waals surface area contributed by atoms with Crippen molar-refractivity contribution >= 4 is 21.6 Å². The maximum Gasteiger partial charge on any atom is 0.150 e. The van der Waals surface area contributed by atoms with E-state index in [1.54, 1.807) is 4.68 Å². The molecule has 0 aliphatic heterocycles. The van der Waals surface area contributed by atoms with Crippen LogP contribution in [-0.4, -0.2) is 9.78 Å². The largest absolute Gasteiger partial charge is 0.378 e. The smallest absolute Gasteiger partial charge is 0.150 e. The second kappa shape index (κ2) is 5.06. The molecule has 0 saturated heterocycles. The molecule has 0 radical (unpaired) electrons. The molecule has 0 bridgehead atoms. The summed E-state index contributed by atoms with van der Waals surface area (Å²) in [6.07, 6.45) is 1.86. The molecule has 0 fully saturated rings. The van der Waals surface area contributed by atoms with Gasteiger partial charge in [0.1, 0.15) is 11.6 Å². The molecule has 1 aromatic heterocycles.